The van der Waals surface area contributed by atoms with Crippen molar-refractivity contribution in [2.24, 2.45) is 0 Å². The van der Waals surface area contributed by atoms with Crippen molar-refractivity contribution in [3.63, 3.8) is 0 Å². The van der Waals surface area contributed by atoms with Gasteiger partial charge < -0.3 is 14.2 Å². The maximum Gasteiger partial charge on any atom is 0.293 e. The zero-order chi connectivity index (χ0) is 24.7. The fraction of sp³-hybridized carbons (Fsp3) is 0.407. The molecule has 1 aliphatic heterocycles. The van der Waals surface area contributed by atoms with Gasteiger partial charge in [-0.25, -0.2) is 0 Å². The van der Waals surface area contributed by atoms with Gasteiger partial charge in [0.25, 0.3) is 11.1 Å². The van der Waals surface area contributed by atoms with Crippen LogP contribution in [0.15, 0.2) is 41.3 Å². The SMILES string of the molecule is CCCCOc1ccc(/C=C2\SC(=O)N(CCOc3cc(C)ccc3C(C)C)C2=O)cc1OC. The van der Waals surface area contributed by atoms with Crippen LogP contribution < -0.4 is 14.2 Å². The van der Waals surface area contributed by atoms with Gasteiger partial charge >= 0.3 is 0 Å². The first kappa shape index (κ1) is 25.7. The number of rotatable bonds is 11. The van der Waals surface area contributed by atoms with Gasteiger partial charge in [-0.05, 0) is 72.0 Å². The van der Waals surface area contributed by atoms with E-state index in [1.807, 2.05) is 31.2 Å². The van der Waals surface area contributed by atoms with Crippen molar-refractivity contribution in [3.8, 4) is 17.2 Å². The second kappa shape index (κ2) is 12.0. The minimum atomic E-state index is -0.311. The highest BCUT2D eigenvalue weighted by molar-refractivity contribution is 8.18. The first-order valence-corrected chi connectivity index (χ1v) is 12.4. The van der Waals surface area contributed by atoms with E-state index >= 15 is 0 Å². The number of hydrogen-bond donors (Lipinski definition) is 0. The first-order chi connectivity index (χ1) is 16.3. The van der Waals surface area contributed by atoms with Crippen molar-refractivity contribution in [1.29, 1.82) is 0 Å². The third kappa shape index (κ3) is 6.35. The monoisotopic (exact) mass is 483 g/mol. The van der Waals surface area contributed by atoms with Crippen LogP contribution in [0, 0.1) is 6.92 Å². The highest BCUT2D eigenvalue weighted by atomic mass is 32.2. The van der Waals surface area contributed by atoms with E-state index in [0.717, 1.165) is 47.0 Å². The highest BCUT2D eigenvalue weighted by Crippen LogP contribution is 2.35. The number of amides is 2. The molecule has 182 valence electrons. The average molecular weight is 484 g/mol. The molecule has 1 heterocycles. The molecule has 34 heavy (non-hydrogen) atoms. The molecule has 3 rings (SSSR count). The van der Waals surface area contributed by atoms with E-state index in [9.17, 15) is 9.59 Å². The number of thioether (sulfide) groups is 1. The lowest BCUT2D eigenvalue weighted by Gasteiger charge is -2.17. The van der Waals surface area contributed by atoms with Crippen LogP contribution in [0.4, 0.5) is 4.79 Å². The standard InChI is InChI=1S/C27H33NO5S/c1-6-7-13-32-22-11-9-20(16-24(22)31-5)17-25-26(29)28(27(30)34-25)12-14-33-23-15-19(4)8-10-21(23)18(2)3/h8-11,15-18H,6-7,12-14H2,1-5H3/b25-17-. The Hall–Kier alpha value is -2.93. The number of hydrogen-bond acceptors (Lipinski definition) is 6. The fourth-order valence-electron chi connectivity index (χ4n) is 3.55. The van der Waals surface area contributed by atoms with E-state index in [-0.39, 0.29) is 24.3 Å². The van der Waals surface area contributed by atoms with Crippen molar-refractivity contribution in [2.45, 2.75) is 46.5 Å². The Balaban J connectivity index is 1.66. The minimum absolute atomic E-state index is 0.195. The van der Waals surface area contributed by atoms with Crippen molar-refractivity contribution < 1.29 is 23.8 Å². The van der Waals surface area contributed by atoms with Crippen LogP contribution in [0.25, 0.3) is 6.08 Å². The predicted octanol–water partition coefficient (Wildman–Crippen LogP) is 6.42. The molecule has 0 saturated carbocycles. The zero-order valence-electron chi connectivity index (χ0n) is 20.6. The second-order valence-electron chi connectivity index (χ2n) is 8.49. The molecule has 0 bridgehead atoms. The Labute approximate surface area is 206 Å². The van der Waals surface area contributed by atoms with Crippen molar-refractivity contribution in [2.75, 3.05) is 26.9 Å². The summed E-state index contributed by atoms with van der Waals surface area (Å²) in [5.74, 6) is 2.06. The Morgan fingerprint density at radius 3 is 2.47 bits per heavy atom. The lowest BCUT2D eigenvalue weighted by Crippen LogP contribution is -2.32. The van der Waals surface area contributed by atoms with Gasteiger partial charge in [-0.15, -0.1) is 0 Å². The van der Waals surface area contributed by atoms with E-state index < -0.39 is 0 Å². The molecule has 0 aromatic heterocycles. The maximum absolute atomic E-state index is 12.9. The molecule has 2 amide bonds. The molecule has 6 nitrogen and oxygen atoms in total. The number of imide groups is 1. The third-order valence-corrected chi connectivity index (χ3v) is 6.39. The second-order valence-corrected chi connectivity index (χ2v) is 9.48. The topological polar surface area (TPSA) is 65.1 Å². The molecule has 7 heteroatoms. The lowest BCUT2D eigenvalue weighted by atomic mass is 10.0. The number of nitrogens with zero attached hydrogens (tertiary/aromatic N) is 1. The predicted molar refractivity (Wildman–Crippen MR) is 137 cm³/mol. The normalized spacial score (nSPS) is 14.9. The first-order valence-electron chi connectivity index (χ1n) is 11.6. The molecule has 0 N–H and O–H groups in total. The summed E-state index contributed by atoms with van der Waals surface area (Å²) in [5, 5.41) is -0.292. The van der Waals surface area contributed by atoms with Gasteiger partial charge in [0.05, 0.1) is 25.2 Å². The number of carbonyl (C=O) groups excluding carboxylic acids is 2. The van der Waals surface area contributed by atoms with Crippen LogP contribution in [-0.2, 0) is 4.79 Å². The van der Waals surface area contributed by atoms with Gasteiger partial charge in [-0.3, -0.25) is 14.5 Å². The summed E-state index contributed by atoms with van der Waals surface area (Å²) in [5.41, 5.74) is 2.98. The smallest absolute Gasteiger partial charge is 0.293 e. The van der Waals surface area contributed by atoms with E-state index in [4.69, 9.17) is 14.2 Å². The highest BCUT2D eigenvalue weighted by Gasteiger charge is 2.34. The molecule has 0 spiro atoms. The van der Waals surface area contributed by atoms with Gasteiger partial charge in [0.1, 0.15) is 12.4 Å². The van der Waals surface area contributed by atoms with Gasteiger partial charge in [0.15, 0.2) is 11.5 Å². The van der Waals surface area contributed by atoms with Crippen LogP contribution in [0.3, 0.4) is 0 Å². The summed E-state index contributed by atoms with van der Waals surface area (Å²) < 4.78 is 17.2. The number of unbranched alkanes of at least 4 members (excludes halogenated alkanes) is 1. The number of benzene rings is 2. The molecule has 0 radical (unpaired) electrons. The molecule has 0 aliphatic carbocycles. The van der Waals surface area contributed by atoms with Crippen molar-refractivity contribution in [3.05, 3.63) is 58.0 Å². The van der Waals surface area contributed by atoms with Crippen LogP contribution in [0.5, 0.6) is 17.2 Å². The van der Waals surface area contributed by atoms with Crippen molar-refractivity contribution >= 4 is 29.0 Å². The summed E-state index contributed by atoms with van der Waals surface area (Å²) in [6.45, 7) is 9.39. The molecule has 2 aromatic rings. The Morgan fingerprint density at radius 2 is 1.76 bits per heavy atom. The number of carbonyl (C=O) groups is 2. The molecule has 1 fully saturated rings. The van der Waals surface area contributed by atoms with Crippen molar-refractivity contribution in [1.82, 2.24) is 4.90 Å². The van der Waals surface area contributed by atoms with Gasteiger partial charge in [-0.1, -0.05) is 45.4 Å². The molecule has 0 atom stereocenters. The Morgan fingerprint density at radius 1 is 1.00 bits per heavy atom. The molecule has 1 aliphatic rings. The summed E-state index contributed by atoms with van der Waals surface area (Å²) >= 11 is 0.939. The summed E-state index contributed by atoms with van der Waals surface area (Å²) in [4.78, 5) is 27.0. The number of methoxy groups -OCH3 is 1. The fourth-order valence-corrected chi connectivity index (χ4v) is 4.42. The van der Waals surface area contributed by atoms with Crippen LogP contribution in [0.1, 0.15) is 56.2 Å². The minimum Gasteiger partial charge on any atom is -0.493 e. The quantitative estimate of drug-likeness (QED) is 0.271. The average Bonchev–Trinajstić information content (AvgIpc) is 3.07. The number of aryl methyl sites for hydroxylation is 1. The third-order valence-electron chi connectivity index (χ3n) is 5.48. The molecule has 0 unspecified atom stereocenters. The Kier molecular flexibility index (Phi) is 9.05. The summed E-state index contributed by atoms with van der Waals surface area (Å²) in [7, 11) is 1.58. The molecular weight excluding hydrogens is 450 g/mol. The van der Waals surface area contributed by atoms with Crippen LogP contribution >= 0.6 is 11.8 Å². The van der Waals surface area contributed by atoms with E-state index in [1.54, 1.807) is 13.2 Å². The zero-order valence-corrected chi connectivity index (χ0v) is 21.4. The molecular formula is C27H33NO5S. The summed E-state index contributed by atoms with van der Waals surface area (Å²) in [6, 6.07) is 11.6. The molecule has 2 aromatic carbocycles. The largest absolute Gasteiger partial charge is 0.493 e. The van der Waals surface area contributed by atoms with E-state index in [0.29, 0.717) is 28.9 Å². The van der Waals surface area contributed by atoms with Gasteiger partial charge in [-0.2, -0.15) is 0 Å². The molecule has 1 saturated heterocycles. The maximum atomic E-state index is 12.9. The lowest BCUT2D eigenvalue weighted by molar-refractivity contribution is -0.123. The van der Waals surface area contributed by atoms with E-state index in [2.05, 4.69) is 32.9 Å². The van der Waals surface area contributed by atoms with Gasteiger partial charge in [0.2, 0.25) is 0 Å². The van der Waals surface area contributed by atoms with Crippen LogP contribution in [0.2, 0.25) is 0 Å². The van der Waals surface area contributed by atoms with Gasteiger partial charge in [0, 0.05) is 0 Å². The number of ether oxygens (including phenoxy) is 3. The van der Waals surface area contributed by atoms with E-state index in [1.165, 1.54) is 4.90 Å². The summed E-state index contributed by atoms with van der Waals surface area (Å²) in [6.07, 6.45) is 3.72. The van der Waals surface area contributed by atoms with Crippen LogP contribution in [-0.4, -0.2) is 42.9 Å². The Bertz CT molecular complexity index is 1060.